The number of carbonyl (C=O) groups is 1. The highest BCUT2D eigenvalue weighted by atomic mass is 19.1. The molecule has 0 aliphatic carbocycles. The molecule has 122 valence electrons. The van der Waals surface area contributed by atoms with E-state index < -0.39 is 5.91 Å². The maximum absolute atomic E-state index is 13.0. The maximum Gasteiger partial charge on any atom is 0.295 e. The number of methoxy groups -OCH3 is 1. The van der Waals surface area contributed by atoms with Crippen molar-refractivity contribution in [3.63, 3.8) is 0 Å². The standard InChI is InChI=1S/C17H15FN4O2/c1-11-19-16(21-22(11)13-9-7-12(18)8-10-13)17(23)20-14-5-3-4-6-15(14)24-2/h3-10H,1-2H3,(H,20,23). The van der Waals surface area contributed by atoms with E-state index in [1.165, 1.54) is 23.9 Å². The minimum Gasteiger partial charge on any atom is -0.495 e. The minimum absolute atomic E-state index is 0.0164. The lowest BCUT2D eigenvalue weighted by Crippen LogP contribution is -2.15. The summed E-state index contributed by atoms with van der Waals surface area (Å²) in [6, 6.07) is 12.8. The van der Waals surface area contributed by atoms with Gasteiger partial charge in [0.1, 0.15) is 17.4 Å². The number of nitrogens with one attached hydrogen (secondary N) is 1. The van der Waals surface area contributed by atoms with Crippen LogP contribution in [-0.2, 0) is 0 Å². The average Bonchev–Trinajstić information content (AvgIpc) is 2.98. The number of hydrogen-bond acceptors (Lipinski definition) is 4. The lowest BCUT2D eigenvalue weighted by molar-refractivity contribution is 0.101. The third-order valence-electron chi connectivity index (χ3n) is 3.40. The molecule has 0 unspecified atom stereocenters. The molecule has 2 aromatic carbocycles. The normalized spacial score (nSPS) is 10.5. The number of hydrogen-bond donors (Lipinski definition) is 1. The predicted octanol–water partition coefficient (Wildman–Crippen LogP) is 2.98. The maximum atomic E-state index is 13.0. The van der Waals surface area contributed by atoms with E-state index in [1.807, 2.05) is 0 Å². The summed E-state index contributed by atoms with van der Waals surface area (Å²) in [7, 11) is 1.52. The number of carbonyl (C=O) groups excluding carboxylic acids is 1. The Labute approximate surface area is 137 Å². The lowest BCUT2D eigenvalue weighted by Gasteiger charge is -2.08. The summed E-state index contributed by atoms with van der Waals surface area (Å²) in [5.74, 6) is 0.282. The van der Waals surface area contributed by atoms with Gasteiger partial charge in [-0.15, -0.1) is 5.10 Å². The molecule has 0 spiro atoms. The third kappa shape index (κ3) is 3.10. The van der Waals surface area contributed by atoms with Crippen LogP contribution in [0.25, 0.3) is 5.69 Å². The van der Waals surface area contributed by atoms with Crippen LogP contribution in [0.5, 0.6) is 5.75 Å². The number of amides is 1. The molecule has 3 aromatic rings. The van der Waals surface area contributed by atoms with E-state index in [-0.39, 0.29) is 11.6 Å². The number of ether oxygens (including phenoxy) is 1. The largest absolute Gasteiger partial charge is 0.495 e. The summed E-state index contributed by atoms with van der Waals surface area (Å²) in [4.78, 5) is 16.5. The summed E-state index contributed by atoms with van der Waals surface area (Å²) in [6.45, 7) is 1.72. The molecule has 0 saturated carbocycles. The fourth-order valence-corrected chi connectivity index (χ4v) is 2.24. The zero-order chi connectivity index (χ0) is 17.1. The summed E-state index contributed by atoms with van der Waals surface area (Å²) >= 11 is 0. The molecule has 0 atom stereocenters. The van der Waals surface area contributed by atoms with Crippen LogP contribution in [0.2, 0.25) is 0 Å². The van der Waals surface area contributed by atoms with Crippen LogP contribution in [0.3, 0.4) is 0 Å². The van der Waals surface area contributed by atoms with Crippen molar-refractivity contribution in [2.75, 3.05) is 12.4 Å². The highest BCUT2D eigenvalue weighted by Gasteiger charge is 2.16. The van der Waals surface area contributed by atoms with E-state index in [1.54, 1.807) is 43.3 Å². The van der Waals surface area contributed by atoms with Crippen molar-refractivity contribution < 1.29 is 13.9 Å². The molecule has 0 aliphatic rings. The highest BCUT2D eigenvalue weighted by molar-refractivity contribution is 6.02. The fraction of sp³-hybridized carbons (Fsp3) is 0.118. The molecular weight excluding hydrogens is 311 g/mol. The monoisotopic (exact) mass is 326 g/mol. The third-order valence-corrected chi connectivity index (χ3v) is 3.40. The van der Waals surface area contributed by atoms with Crippen molar-refractivity contribution in [1.82, 2.24) is 14.8 Å². The van der Waals surface area contributed by atoms with E-state index in [0.717, 1.165) is 0 Å². The number of aromatic nitrogens is 3. The zero-order valence-corrected chi connectivity index (χ0v) is 13.2. The Morgan fingerprint density at radius 3 is 2.58 bits per heavy atom. The molecule has 1 N–H and O–H groups in total. The summed E-state index contributed by atoms with van der Waals surface area (Å²) in [5, 5.41) is 6.91. The van der Waals surface area contributed by atoms with Gasteiger partial charge in [0.25, 0.3) is 5.91 Å². The van der Waals surface area contributed by atoms with Crippen molar-refractivity contribution in [1.29, 1.82) is 0 Å². The highest BCUT2D eigenvalue weighted by Crippen LogP contribution is 2.23. The first kappa shape index (κ1) is 15.7. The molecule has 1 heterocycles. The first-order valence-corrected chi connectivity index (χ1v) is 7.22. The van der Waals surface area contributed by atoms with Gasteiger partial charge in [-0.05, 0) is 43.3 Å². The quantitative estimate of drug-likeness (QED) is 0.800. The van der Waals surface area contributed by atoms with Gasteiger partial charge in [0.2, 0.25) is 5.82 Å². The molecule has 3 rings (SSSR count). The second kappa shape index (κ2) is 6.49. The Kier molecular flexibility index (Phi) is 4.24. The summed E-state index contributed by atoms with van der Waals surface area (Å²) in [6.07, 6.45) is 0. The second-order valence-corrected chi connectivity index (χ2v) is 5.03. The summed E-state index contributed by atoms with van der Waals surface area (Å²) < 4.78 is 19.7. The van der Waals surface area contributed by atoms with E-state index in [9.17, 15) is 9.18 Å². The van der Waals surface area contributed by atoms with E-state index in [2.05, 4.69) is 15.4 Å². The lowest BCUT2D eigenvalue weighted by atomic mass is 10.3. The fourth-order valence-electron chi connectivity index (χ4n) is 2.24. The molecule has 7 heteroatoms. The van der Waals surface area contributed by atoms with Crippen molar-refractivity contribution in [2.24, 2.45) is 0 Å². The van der Waals surface area contributed by atoms with E-state index in [0.29, 0.717) is 22.9 Å². The van der Waals surface area contributed by atoms with Crippen molar-refractivity contribution in [3.8, 4) is 11.4 Å². The first-order chi connectivity index (χ1) is 11.6. The van der Waals surface area contributed by atoms with Gasteiger partial charge >= 0.3 is 0 Å². The molecule has 0 radical (unpaired) electrons. The van der Waals surface area contributed by atoms with Crippen molar-refractivity contribution in [3.05, 3.63) is 66.0 Å². The number of halogens is 1. The van der Waals surface area contributed by atoms with Gasteiger partial charge < -0.3 is 10.1 Å². The number of anilines is 1. The number of benzene rings is 2. The Bertz CT molecular complexity index is 875. The van der Waals surface area contributed by atoms with Crippen LogP contribution in [-0.4, -0.2) is 27.8 Å². The van der Waals surface area contributed by atoms with Gasteiger partial charge in [-0.3, -0.25) is 4.79 Å². The number of para-hydroxylation sites is 2. The summed E-state index contributed by atoms with van der Waals surface area (Å²) in [5.41, 5.74) is 1.15. The van der Waals surface area contributed by atoms with Gasteiger partial charge in [0, 0.05) is 0 Å². The Morgan fingerprint density at radius 1 is 1.17 bits per heavy atom. The van der Waals surface area contributed by atoms with Gasteiger partial charge in [-0.1, -0.05) is 12.1 Å². The van der Waals surface area contributed by atoms with Crippen molar-refractivity contribution in [2.45, 2.75) is 6.92 Å². The van der Waals surface area contributed by atoms with Crippen molar-refractivity contribution >= 4 is 11.6 Å². The first-order valence-electron chi connectivity index (χ1n) is 7.22. The Hall–Kier alpha value is -3.22. The predicted molar refractivity (Wildman–Crippen MR) is 87.0 cm³/mol. The molecule has 1 amide bonds. The molecule has 0 fully saturated rings. The van der Waals surface area contributed by atoms with Crippen LogP contribution in [0.15, 0.2) is 48.5 Å². The van der Waals surface area contributed by atoms with E-state index >= 15 is 0 Å². The van der Waals surface area contributed by atoms with E-state index in [4.69, 9.17) is 4.74 Å². The number of rotatable bonds is 4. The Morgan fingerprint density at radius 2 is 1.88 bits per heavy atom. The van der Waals surface area contributed by atoms with Gasteiger partial charge in [0.15, 0.2) is 0 Å². The molecule has 1 aromatic heterocycles. The topological polar surface area (TPSA) is 69.0 Å². The van der Waals surface area contributed by atoms with Crippen LogP contribution < -0.4 is 10.1 Å². The van der Waals surface area contributed by atoms with Crippen LogP contribution in [0.1, 0.15) is 16.4 Å². The smallest absolute Gasteiger partial charge is 0.295 e. The molecule has 6 nitrogen and oxygen atoms in total. The molecule has 0 aliphatic heterocycles. The number of nitrogens with zero attached hydrogens (tertiary/aromatic N) is 3. The van der Waals surface area contributed by atoms with Crippen LogP contribution in [0, 0.1) is 12.7 Å². The van der Waals surface area contributed by atoms with Crippen LogP contribution >= 0.6 is 0 Å². The number of aryl methyl sites for hydroxylation is 1. The van der Waals surface area contributed by atoms with Crippen LogP contribution in [0.4, 0.5) is 10.1 Å². The molecule has 0 saturated heterocycles. The zero-order valence-electron chi connectivity index (χ0n) is 13.2. The van der Waals surface area contributed by atoms with Gasteiger partial charge in [0.05, 0.1) is 18.5 Å². The minimum atomic E-state index is -0.455. The van der Waals surface area contributed by atoms with Gasteiger partial charge in [-0.2, -0.15) is 0 Å². The van der Waals surface area contributed by atoms with Gasteiger partial charge in [-0.25, -0.2) is 14.1 Å². The average molecular weight is 326 g/mol. The Balaban J connectivity index is 1.86. The second-order valence-electron chi connectivity index (χ2n) is 5.03. The molecular formula is C17H15FN4O2. The molecule has 24 heavy (non-hydrogen) atoms. The molecule has 0 bridgehead atoms. The SMILES string of the molecule is COc1ccccc1NC(=O)c1nc(C)n(-c2ccc(F)cc2)n1.